The topological polar surface area (TPSA) is 60.0 Å². The highest BCUT2D eigenvalue weighted by molar-refractivity contribution is 5.31. The Morgan fingerprint density at radius 1 is 1.10 bits per heavy atom. The summed E-state index contributed by atoms with van der Waals surface area (Å²) in [4.78, 5) is 0. The highest BCUT2D eigenvalue weighted by Crippen LogP contribution is 2.16. The van der Waals surface area contributed by atoms with E-state index in [-0.39, 0.29) is 0 Å². The van der Waals surface area contributed by atoms with Crippen LogP contribution >= 0.6 is 0 Å². The summed E-state index contributed by atoms with van der Waals surface area (Å²) in [6.07, 6.45) is -0.488. The van der Waals surface area contributed by atoms with Crippen molar-refractivity contribution >= 4 is 0 Å². The van der Waals surface area contributed by atoms with Crippen LogP contribution in [0.2, 0.25) is 0 Å². The van der Waals surface area contributed by atoms with Gasteiger partial charge in [0.2, 0.25) is 0 Å². The SMILES string of the molecule is COc1ccc(OCCOCC(O)CNC(C)C)cc1. The number of benzene rings is 1. The van der Waals surface area contributed by atoms with Gasteiger partial charge in [0.1, 0.15) is 18.1 Å². The number of ether oxygens (including phenoxy) is 3. The van der Waals surface area contributed by atoms with E-state index in [0.717, 1.165) is 11.5 Å². The van der Waals surface area contributed by atoms with Gasteiger partial charge in [-0.15, -0.1) is 0 Å². The number of aliphatic hydroxyl groups is 1. The van der Waals surface area contributed by atoms with E-state index in [1.165, 1.54) is 0 Å². The molecule has 0 aliphatic carbocycles. The molecule has 0 saturated heterocycles. The van der Waals surface area contributed by atoms with Crippen LogP contribution in [0.5, 0.6) is 11.5 Å². The molecule has 5 heteroatoms. The maximum Gasteiger partial charge on any atom is 0.119 e. The van der Waals surface area contributed by atoms with E-state index in [1.54, 1.807) is 7.11 Å². The highest BCUT2D eigenvalue weighted by Gasteiger charge is 2.04. The van der Waals surface area contributed by atoms with Gasteiger partial charge in [0.05, 0.1) is 26.4 Å². The van der Waals surface area contributed by atoms with Crippen molar-refractivity contribution in [3.05, 3.63) is 24.3 Å². The Kier molecular flexibility index (Phi) is 8.02. The predicted octanol–water partition coefficient (Wildman–Crippen LogP) is 1.45. The molecule has 0 heterocycles. The third-order valence-electron chi connectivity index (χ3n) is 2.63. The molecule has 1 aromatic rings. The van der Waals surface area contributed by atoms with Gasteiger partial charge >= 0.3 is 0 Å². The second-order valence-corrected chi connectivity index (χ2v) is 4.82. The summed E-state index contributed by atoms with van der Waals surface area (Å²) < 4.78 is 15.9. The highest BCUT2D eigenvalue weighted by atomic mass is 16.5. The Bertz CT molecular complexity index is 353. The molecule has 0 aromatic heterocycles. The van der Waals surface area contributed by atoms with Gasteiger partial charge in [-0.25, -0.2) is 0 Å². The summed E-state index contributed by atoms with van der Waals surface area (Å²) in [5.41, 5.74) is 0. The molecule has 2 N–H and O–H groups in total. The molecule has 0 fully saturated rings. The van der Waals surface area contributed by atoms with Gasteiger partial charge in [-0.1, -0.05) is 13.8 Å². The number of hydrogen-bond acceptors (Lipinski definition) is 5. The summed E-state index contributed by atoms with van der Waals surface area (Å²) in [5, 5.41) is 12.8. The Morgan fingerprint density at radius 3 is 2.35 bits per heavy atom. The van der Waals surface area contributed by atoms with Gasteiger partial charge in [-0.3, -0.25) is 0 Å². The zero-order valence-electron chi connectivity index (χ0n) is 12.5. The molecule has 1 rings (SSSR count). The Labute approximate surface area is 120 Å². The van der Waals surface area contributed by atoms with Crippen LogP contribution in [0.3, 0.4) is 0 Å². The molecule has 0 spiro atoms. The lowest BCUT2D eigenvalue weighted by atomic mass is 10.3. The largest absolute Gasteiger partial charge is 0.497 e. The van der Waals surface area contributed by atoms with Crippen LogP contribution in [0.1, 0.15) is 13.8 Å². The molecule has 1 unspecified atom stereocenters. The monoisotopic (exact) mass is 283 g/mol. The smallest absolute Gasteiger partial charge is 0.119 e. The Morgan fingerprint density at radius 2 is 1.75 bits per heavy atom. The number of methoxy groups -OCH3 is 1. The fourth-order valence-corrected chi connectivity index (χ4v) is 1.54. The third-order valence-corrected chi connectivity index (χ3v) is 2.63. The maximum atomic E-state index is 9.63. The van der Waals surface area contributed by atoms with Gasteiger partial charge in [0.15, 0.2) is 0 Å². The van der Waals surface area contributed by atoms with Crippen molar-refractivity contribution in [1.29, 1.82) is 0 Å². The quantitative estimate of drug-likeness (QED) is 0.636. The van der Waals surface area contributed by atoms with Crippen molar-refractivity contribution in [1.82, 2.24) is 5.32 Å². The molecule has 0 aliphatic rings. The maximum absolute atomic E-state index is 9.63. The van der Waals surface area contributed by atoms with Crippen molar-refractivity contribution in [2.45, 2.75) is 26.0 Å². The van der Waals surface area contributed by atoms with Crippen molar-refractivity contribution < 1.29 is 19.3 Å². The average Bonchev–Trinajstić information content (AvgIpc) is 2.45. The lowest BCUT2D eigenvalue weighted by Crippen LogP contribution is -2.34. The van der Waals surface area contributed by atoms with Crippen LogP contribution in [0.4, 0.5) is 0 Å². The van der Waals surface area contributed by atoms with Crippen LogP contribution < -0.4 is 14.8 Å². The van der Waals surface area contributed by atoms with E-state index in [1.807, 2.05) is 38.1 Å². The molecule has 0 aliphatic heterocycles. The van der Waals surface area contributed by atoms with Gasteiger partial charge in [-0.05, 0) is 24.3 Å². The predicted molar refractivity (Wildman–Crippen MR) is 78.5 cm³/mol. The molecule has 20 heavy (non-hydrogen) atoms. The van der Waals surface area contributed by atoms with Crippen molar-refractivity contribution in [3.8, 4) is 11.5 Å². The van der Waals surface area contributed by atoms with Crippen LogP contribution in [-0.4, -0.2) is 50.7 Å². The zero-order chi connectivity index (χ0) is 14.8. The first-order valence-corrected chi connectivity index (χ1v) is 6.88. The molecule has 0 bridgehead atoms. The van der Waals surface area contributed by atoms with E-state index in [0.29, 0.717) is 32.4 Å². The van der Waals surface area contributed by atoms with E-state index >= 15 is 0 Å². The summed E-state index contributed by atoms with van der Waals surface area (Å²) in [7, 11) is 1.63. The standard InChI is InChI=1S/C15H25NO4/c1-12(2)16-10-13(17)11-19-8-9-20-15-6-4-14(18-3)5-7-15/h4-7,12-13,16-17H,8-11H2,1-3H3. The molecule has 5 nitrogen and oxygen atoms in total. The van der Waals surface area contributed by atoms with Crippen LogP contribution in [-0.2, 0) is 4.74 Å². The molecular formula is C15H25NO4. The van der Waals surface area contributed by atoms with Crippen molar-refractivity contribution in [3.63, 3.8) is 0 Å². The van der Waals surface area contributed by atoms with Crippen LogP contribution in [0.15, 0.2) is 24.3 Å². The molecule has 114 valence electrons. The summed E-state index contributed by atoms with van der Waals surface area (Å²) in [5.74, 6) is 1.57. The number of hydrogen-bond donors (Lipinski definition) is 2. The van der Waals surface area contributed by atoms with Crippen molar-refractivity contribution in [2.24, 2.45) is 0 Å². The number of nitrogens with one attached hydrogen (secondary N) is 1. The second-order valence-electron chi connectivity index (χ2n) is 4.82. The molecule has 0 radical (unpaired) electrons. The third kappa shape index (κ3) is 7.33. The van der Waals surface area contributed by atoms with Crippen molar-refractivity contribution in [2.75, 3.05) is 33.5 Å². The van der Waals surface area contributed by atoms with Gasteiger partial charge in [0.25, 0.3) is 0 Å². The molecular weight excluding hydrogens is 258 g/mol. The second kappa shape index (κ2) is 9.58. The lowest BCUT2D eigenvalue weighted by Gasteiger charge is -2.14. The minimum Gasteiger partial charge on any atom is -0.497 e. The first kappa shape index (κ1) is 16.8. The van der Waals surface area contributed by atoms with E-state index < -0.39 is 6.10 Å². The molecule has 1 atom stereocenters. The summed E-state index contributed by atoms with van der Waals surface area (Å²) in [6.45, 7) is 5.83. The van der Waals surface area contributed by atoms with Gasteiger partial charge in [0, 0.05) is 12.6 Å². The first-order chi connectivity index (χ1) is 9.61. The van der Waals surface area contributed by atoms with Crippen LogP contribution in [0, 0.1) is 0 Å². The fraction of sp³-hybridized carbons (Fsp3) is 0.600. The minimum atomic E-state index is -0.488. The van der Waals surface area contributed by atoms with Gasteiger partial charge < -0.3 is 24.6 Å². The number of aliphatic hydroxyl groups excluding tert-OH is 1. The Balaban J connectivity index is 2.06. The molecule has 0 saturated carbocycles. The average molecular weight is 283 g/mol. The van der Waals surface area contributed by atoms with Gasteiger partial charge in [-0.2, -0.15) is 0 Å². The van der Waals surface area contributed by atoms with E-state index in [2.05, 4.69) is 5.32 Å². The fourth-order valence-electron chi connectivity index (χ4n) is 1.54. The summed E-state index contributed by atoms with van der Waals surface area (Å²) >= 11 is 0. The Hall–Kier alpha value is -1.30. The lowest BCUT2D eigenvalue weighted by molar-refractivity contribution is 0.0244. The normalized spacial score (nSPS) is 12.4. The number of rotatable bonds is 10. The van der Waals surface area contributed by atoms with Crippen LogP contribution in [0.25, 0.3) is 0 Å². The van der Waals surface area contributed by atoms with E-state index in [9.17, 15) is 5.11 Å². The molecule has 0 amide bonds. The zero-order valence-corrected chi connectivity index (χ0v) is 12.5. The minimum absolute atomic E-state index is 0.311. The summed E-state index contributed by atoms with van der Waals surface area (Å²) in [6, 6.07) is 7.75. The van der Waals surface area contributed by atoms with E-state index in [4.69, 9.17) is 14.2 Å². The first-order valence-electron chi connectivity index (χ1n) is 6.88. The molecule has 1 aromatic carbocycles.